The summed E-state index contributed by atoms with van der Waals surface area (Å²) in [5.41, 5.74) is -0.472. The number of amides is 1. The monoisotopic (exact) mass is 574 g/mol. The zero-order valence-electron chi connectivity index (χ0n) is 21.1. The fraction of sp³-hybridized carbons (Fsp3) is 0.231. The van der Waals surface area contributed by atoms with Gasteiger partial charge in [-0.15, -0.1) is 0 Å². The van der Waals surface area contributed by atoms with Gasteiger partial charge in [-0.25, -0.2) is 18.1 Å². The van der Waals surface area contributed by atoms with Crippen molar-refractivity contribution in [3.05, 3.63) is 91.1 Å². The number of aromatic nitrogens is 4. The lowest BCUT2D eigenvalue weighted by Gasteiger charge is -2.25. The molecule has 0 aliphatic carbocycles. The van der Waals surface area contributed by atoms with Crippen LogP contribution in [-0.2, 0) is 25.7 Å². The van der Waals surface area contributed by atoms with Gasteiger partial charge in [-0.05, 0) is 36.4 Å². The molecule has 0 bridgehead atoms. The van der Waals surface area contributed by atoms with E-state index in [1.807, 2.05) is 0 Å². The Balaban J connectivity index is 1.54. The zero-order chi connectivity index (χ0) is 28.8. The lowest BCUT2D eigenvalue weighted by molar-refractivity contribution is -0.142. The van der Waals surface area contributed by atoms with Crippen LogP contribution >= 0.6 is 0 Å². The van der Waals surface area contributed by atoms with Gasteiger partial charge in [-0.2, -0.15) is 22.6 Å². The minimum atomic E-state index is -4.70. The number of nitrogens with one attached hydrogen (secondary N) is 1. The molecular weight excluding hydrogens is 549 g/mol. The summed E-state index contributed by atoms with van der Waals surface area (Å²) in [7, 11) is -3.66. The van der Waals surface area contributed by atoms with Gasteiger partial charge in [0.25, 0.3) is 5.91 Å². The van der Waals surface area contributed by atoms with E-state index in [0.717, 1.165) is 16.9 Å². The third-order valence-electron chi connectivity index (χ3n) is 5.74. The molecule has 3 aromatic heterocycles. The number of sulfonamides is 1. The van der Waals surface area contributed by atoms with Gasteiger partial charge in [0.1, 0.15) is 11.5 Å². The van der Waals surface area contributed by atoms with E-state index in [2.05, 4.69) is 27.0 Å². The first kappa shape index (κ1) is 28.9. The first-order chi connectivity index (χ1) is 19.1. The molecule has 3 aromatic rings. The average molecular weight is 575 g/mol. The molecule has 1 aliphatic rings. The SMILES string of the molecule is C=C/C=C\C(=C/CS(=O)(=O)N1CCOCC1)C(=O)Nc1ccc(-n2nc(-c3cccnc3)cc2C(F)(F)F)cn1. The van der Waals surface area contributed by atoms with Crippen LogP contribution in [0.15, 0.2) is 85.4 Å². The number of hydrogen-bond acceptors (Lipinski definition) is 7. The van der Waals surface area contributed by atoms with E-state index in [0.29, 0.717) is 18.8 Å². The van der Waals surface area contributed by atoms with E-state index in [1.54, 1.807) is 12.1 Å². The number of anilines is 1. The lowest BCUT2D eigenvalue weighted by atomic mass is 10.2. The molecule has 4 rings (SSSR count). The quantitative estimate of drug-likeness (QED) is 0.306. The Morgan fingerprint density at radius 1 is 1.18 bits per heavy atom. The molecule has 1 fully saturated rings. The summed E-state index contributed by atoms with van der Waals surface area (Å²) < 4.78 is 73.8. The topological polar surface area (TPSA) is 119 Å². The summed E-state index contributed by atoms with van der Waals surface area (Å²) in [6.07, 6.45) is 4.90. The number of halogens is 3. The molecule has 0 atom stereocenters. The van der Waals surface area contributed by atoms with Crippen LogP contribution in [0.3, 0.4) is 0 Å². The highest BCUT2D eigenvalue weighted by molar-refractivity contribution is 7.89. The van der Waals surface area contributed by atoms with Crippen molar-refractivity contribution < 1.29 is 31.1 Å². The number of hydrogen-bond donors (Lipinski definition) is 1. The van der Waals surface area contributed by atoms with Crippen LogP contribution in [0.4, 0.5) is 19.0 Å². The van der Waals surface area contributed by atoms with Gasteiger partial charge in [0.05, 0.1) is 36.5 Å². The minimum absolute atomic E-state index is 0.0133. The van der Waals surface area contributed by atoms with Crippen LogP contribution in [0.2, 0.25) is 0 Å². The molecule has 1 aliphatic heterocycles. The molecule has 0 spiro atoms. The Labute approximate surface area is 228 Å². The van der Waals surface area contributed by atoms with Crippen molar-refractivity contribution in [3.8, 4) is 16.9 Å². The summed E-state index contributed by atoms with van der Waals surface area (Å²) in [5.74, 6) is -1.04. The number of ether oxygens (including phenoxy) is 1. The van der Waals surface area contributed by atoms with Crippen LogP contribution in [0.5, 0.6) is 0 Å². The Kier molecular flexibility index (Phi) is 8.92. The van der Waals surface area contributed by atoms with Crippen LogP contribution in [-0.4, -0.2) is 70.4 Å². The molecule has 0 aromatic carbocycles. The second-order valence-corrected chi connectivity index (χ2v) is 10.5. The standard InChI is InChI=1S/C26H25F3N6O4S/c1-2-3-5-19(9-15-40(37,38)34-11-13-39-14-12-34)25(36)32-24-8-7-21(18-31-24)35-23(26(27,28)29)16-22(33-35)20-6-4-10-30-17-20/h2-10,16-18H,1,11-15H2,(H,31,32,36)/b5-3-,19-9+. The smallest absolute Gasteiger partial charge is 0.379 e. The summed E-state index contributed by atoms with van der Waals surface area (Å²) >= 11 is 0. The third kappa shape index (κ3) is 7.08. The van der Waals surface area contributed by atoms with E-state index in [9.17, 15) is 26.4 Å². The highest BCUT2D eigenvalue weighted by Crippen LogP contribution is 2.34. The summed E-state index contributed by atoms with van der Waals surface area (Å²) in [6, 6.07) is 6.74. The Morgan fingerprint density at radius 3 is 2.58 bits per heavy atom. The predicted molar refractivity (Wildman–Crippen MR) is 142 cm³/mol. The van der Waals surface area contributed by atoms with Gasteiger partial charge >= 0.3 is 6.18 Å². The minimum Gasteiger partial charge on any atom is -0.379 e. The zero-order valence-corrected chi connectivity index (χ0v) is 21.9. The number of morpholine rings is 1. The second-order valence-electron chi connectivity index (χ2n) is 8.47. The molecule has 1 amide bonds. The van der Waals surface area contributed by atoms with E-state index in [-0.39, 0.29) is 35.9 Å². The Morgan fingerprint density at radius 2 is 1.95 bits per heavy atom. The number of pyridine rings is 2. The molecule has 0 saturated carbocycles. The van der Waals surface area contributed by atoms with Crippen molar-refractivity contribution in [2.24, 2.45) is 0 Å². The van der Waals surface area contributed by atoms with Crippen LogP contribution in [0.1, 0.15) is 5.69 Å². The van der Waals surface area contributed by atoms with Gasteiger partial charge < -0.3 is 10.1 Å². The molecule has 14 heteroatoms. The molecule has 10 nitrogen and oxygen atoms in total. The lowest BCUT2D eigenvalue weighted by Crippen LogP contribution is -2.41. The van der Waals surface area contributed by atoms with Crippen molar-refractivity contribution in [2.45, 2.75) is 6.18 Å². The number of nitrogens with zero attached hydrogens (tertiary/aromatic N) is 5. The molecule has 1 saturated heterocycles. The highest BCUT2D eigenvalue weighted by atomic mass is 32.2. The van der Waals surface area contributed by atoms with E-state index >= 15 is 0 Å². The molecule has 0 radical (unpaired) electrons. The van der Waals surface area contributed by atoms with Crippen molar-refractivity contribution in [1.29, 1.82) is 0 Å². The van der Waals surface area contributed by atoms with E-state index in [1.165, 1.54) is 53.1 Å². The van der Waals surface area contributed by atoms with Crippen LogP contribution < -0.4 is 5.32 Å². The number of rotatable bonds is 9. The first-order valence-electron chi connectivity index (χ1n) is 12.0. The maximum absolute atomic E-state index is 13.8. The molecule has 4 heterocycles. The van der Waals surface area contributed by atoms with Crippen LogP contribution in [0.25, 0.3) is 16.9 Å². The van der Waals surface area contributed by atoms with Crippen molar-refractivity contribution >= 4 is 21.7 Å². The van der Waals surface area contributed by atoms with E-state index < -0.39 is 33.6 Å². The van der Waals surface area contributed by atoms with Crippen molar-refractivity contribution in [2.75, 3.05) is 37.4 Å². The number of alkyl halides is 3. The van der Waals surface area contributed by atoms with Gasteiger partial charge in [-0.1, -0.05) is 24.8 Å². The number of allylic oxidation sites excluding steroid dienone is 2. The summed E-state index contributed by atoms with van der Waals surface area (Å²) in [4.78, 5) is 20.9. The number of carbonyl (C=O) groups excluding carboxylic acids is 1. The molecular formula is C26H25F3N6O4S. The van der Waals surface area contributed by atoms with Crippen molar-refractivity contribution in [1.82, 2.24) is 24.1 Å². The largest absolute Gasteiger partial charge is 0.433 e. The fourth-order valence-corrected chi connectivity index (χ4v) is 5.05. The maximum Gasteiger partial charge on any atom is 0.433 e. The van der Waals surface area contributed by atoms with Gasteiger partial charge in [-0.3, -0.25) is 9.78 Å². The summed E-state index contributed by atoms with van der Waals surface area (Å²) in [6.45, 7) is 4.60. The Bertz CT molecular complexity index is 1510. The molecule has 0 unspecified atom stereocenters. The van der Waals surface area contributed by atoms with Crippen LogP contribution in [0, 0.1) is 0 Å². The van der Waals surface area contributed by atoms with Crippen molar-refractivity contribution in [3.63, 3.8) is 0 Å². The third-order valence-corrected chi connectivity index (χ3v) is 7.48. The second kappa shape index (κ2) is 12.4. The summed E-state index contributed by atoms with van der Waals surface area (Å²) in [5, 5.41) is 6.62. The fourth-order valence-electron chi connectivity index (χ4n) is 3.74. The molecule has 210 valence electrons. The van der Waals surface area contributed by atoms with Gasteiger partial charge in [0.2, 0.25) is 10.0 Å². The number of carbonyl (C=O) groups is 1. The highest BCUT2D eigenvalue weighted by Gasteiger charge is 2.36. The predicted octanol–water partition coefficient (Wildman–Crippen LogP) is 3.62. The van der Waals surface area contributed by atoms with E-state index in [4.69, 9.17) is 4.74 Å². The average Bonchev–Trinajstić information content (AvgIpc) is 3.41. The normalized spacial score (nSPS) is 15.3. The molecule has 1 N–H and O–H groups in total. The van der Waals surface area contributed by atoms with Gasteiger partial charge in [0.15, 0.2) is 0 Å². The Hall–Kier alpha value is -4.14. The van der Waals surface area contributed by atoms with Gasteiger partial charge in [0, 0.05) is 36.6 Å². The first-order valence-corrected chi connectivity index (χ1v) is 13.6. The molecule has 40 heavy (non-hydrogen) atoms. The maximum atomic E-state index is 13.8.